The lowest BCUT2D eigenvalue weighted by Gasteiger charge is -2.12. The number of carbonyl (C=O) groups excluding carboxylic acids is 1. The number of hydrogen-bond donors (Lipinski definition) is 1. The molecule has 0 aliphatic carbocycles. The minimum absolute atomic E-state index is 0.00258. The van der Waals surface area contributed by atoms with Gasteiger partial charge in [0.05, 0.1) is 19.1 Å². The molecular formula is C25H24N2O5. The molecule has 0 saturated heterocycles. The van der Waals surface area contributed by atoms with Gasteiger partial charge in [0, 0.05) is 24.3 Å². The lowest BCUT2D eigenvalue weighted by atomic mass is 10.0. The average Bonchev–Trinajstić information content (AvgIpc) is 2.83. The number of hydrogen-bond acceptors (Lipinski definition) is 5. The highest BCUT2D eigenvalue weighted by atomic mass is 16.6. The van der Waals surface area contributed by atoms with Crippen LogP contribution in [0.1, 0.15) is 16.7 Å². The standard InChI is InChI=1S/C25H24N2O5/c1-31-23-13-10-19(17-24(23)32-2)14-15-26-25(28)22(20-6-4-3-5-7-20)16-18-8-11-21(12-9-18)27(29)30/h3-13,16-17H,14-15H2,1-2H3,(H,26,28)/b22-16+. The molecule has 0 atom stereocenters. The van der Waals surface area contributed by atoms with Gasteiger partial charge < -0.3 is 14.8 Å². The van der Waals surface area contributed by atoms with Crippen molar-refractivity contribution in [1.29, 1.82) is 0 Å². The van der Waals surface area contributed by atoms with Gasteiger partial charge in [-0.15, -0.1) is 0 Å². The number of nitro groups is 1. The highest BCUT2D eigenvalue weighted by molar-refractivity contribution is 6.24. The molecule has 0 aromatic heterocycles. The molecule has 0 spiro atoms. The smallest absolute Gasteiger partial charge is 0.269 e. The summed E-state index contributed by atoms with van der Waals surface area (Å²) in [7, 11) is 3.17. The Morgan fingerprint density at radius 3 is 2.28 bits per heavy atom. The van der Waals surface area contributed by atoms with Crippen LogP contribution < -0.4 is 14.8 Å². The number of rotatable bonds is 9. The van der Waals surface area contributed by atoms with E-state index in [1.54, 1.807) is 32.4 Å². The molecule has 0 radical (unpaired) electrons. The number of nitrogens with one attached hydrogen (secondary N) is 1. The predicted molar refractivity (Wildman–Crippen MR) is 124 cm³/mol. The third kappa shape index (κ3) is 5.72. The molecule has 3 aromatic rings. The van der Waals surface area contributed by atoms with Crippen molar-refractivity contribution in [3.63, 3.8) is 0 Å². The normalized spacial score (nSPS) is 11.0. The molecule has 1 amide bonds. The largest absolute Gasteiger partial charge is 0.493 e. The summed E-state index contributed by atoms with van der Waals surface area (Å²) in [5.74, 6) is 1.06. The predicted octanol–water partition coefficient (Wildman–Crippen LogP) is 4.51. The second kappa shape index (κ2) is 10.8. The molecule has 0 unspecified atom stereocenters. The molecule has 32 heavy (non-hydrogen) atoms. The summed E-state index contributed by atoms with van der Waals surface area (Å²) >= 11 is 0. The van der Waals surface area contributed by atoms with Crippen LogP contribution in [0.25, 0.3) is 11.6 Å². The van der Waals surface area contributed by atoms with Crippen molar-refractivity contribution in [1.82, 2.24) is 5.32 Å². The van der Waals surface area contributed by atoms with Gasteiger partial charge in [0.2, 0.25) is 0 Å². The van der Waals surface area contributed by atoms with Crippen LogP contribution >= 0.6 is 0 Å². The van der Waals surface area contributed by atoms with Gasteiger partial charge in [-0.25, -0.2) is 0 Å². The van der Waals surface area contributed by atoms with Crippen molar-refractivity contribution in [3.05, 3.63) is 99.6 Å². The second-order valence-corrected chi connectivity index (χ2v) is 6.97. The number of carbonyl (C=O) groups is 1. The molecule has 1 N–H and O–H groups in total. The Kier molecular flexibility index (Phi) is 7.59. The Balaban J connectivity index is 1.75. The first-order valence-corrected chi connectivity index (χ1v) is 10.0. The van der Waals surface area contributed by atoms with Crippen molar-refractivity contribution in [2.75, 3.05) is 20.8 Å². The molecule has 7 nitrogen and oxygen atoms in total. The van der Waals surface area contributed by atoms with Gasteiger partial charge in [-0.05, 0) is 53.5 Å². The second-order valence-electron chi connectivity index (χ2n) is 6.97. The average molecular weight is 432 g/mol. The number of nitro benzene ring substituents is 1. The summed E-state index contributed by atoms with van der Waals surface area (Å²) < 4.78 is 10.6. The van der Waals surface area contributed by atoms with Crippen LogP contribution in [-0.4, -0.2) is 31.6 Å². The summed E-state index contributed by atoms with van der Waals surface area (Å²) in [6, 6.07) is 21.0. The van der Waals surface area contributed by atoms with Gasteiger partial charge in [-0.1, -0.05) is 36.4 Å². The van der Waals surface area contributed by atoms with E-state index in [9.17, 15) is 14.9 Å². The molecule has 0 bridgehead atoms. The summed E-state index contributed by atoms with van der Waals surface area (Å²) in [6.45, 7) is 0.429. The number of nitrogens with zero attached hydrogens (tertiary/aromatic N) is 1. The van der Waals surface area contributed by atoms with Crippen molar-refractivity contribution < 1.29 is 19.2 Å². The van der Waals surface area contributed by atoms with Gasteiger partial charge >= 0.3 is 0 Å². The van der Waals surface area contributed by atoms with Crippen molar-refractivity contribution >= 4 is 23.2 Å². The Morgan fingerprint density at radius 2 is 1.66 bits per heavy atom. The van der Waals surface area contributed by atoms with Crippen molar-refractivity contribution in [3.8, 4) is 11.5 Å². The van der Waals surface area contributed by atoms with Gasteiger partial charge in [0.1, 0.15) is 0 Å². The van der Waals surface area contributed by atoms with E-state index in [1.807, 2.05) is 48.5 Å². The lowest BCUT2D eigenvalue weighted by Crippen LogP contribution is -2.26. The molecule has 3 aromatic carbocycles. The molecule has 0 aliphatic heterocycles. The fourth-order valence-electron chi connectivity index (χ4n) is 3.21. The third-order valence-corrected chi connectivity index (χ3v) is 4.89. The summed E-state index contributed by atoms with van der Waals surface area (Å²) in [6.07, 6.45) is 2.34. The zero-order chi connectivity index (χ0) is 22.9. The summed E-state index contributed by atoms with van der Waals surface area (Å²) in [5, 5.41) is 13.8. The quantitative estimate of drug-likeness (QED) is 0.232. The first-order valence-electron chi connectivity index (χ1n) is 10.0. The van der Waals surface area contributed by atoms with E-state index in [0.717, 1.165) is 11.1 Å². The number of non-ortho nitro benzene ring substituents is 1. The molecular weight excluding hydrogens is 408 g/mol. The topological polar surface area (TPSA) is 90.7 Å². The number of methoxy groups -OCH3 is 2. The molecule has 3 rings (SSSR count). The minimum Gasteiger partial charge on any atom is -0.493 e. The molecule has 164 valence electrons. The minimum atomic E-state index is -0.452. The van der Waals surface area contributed by atoms with Crippen LogP contribution in [0.5, 0.6) is 11.5 Å². The highest BCUT2D eigenvalue weighted by Gasteiger charge is 2.13. The Bertz CT molecular complexity index is 1110. The van der Waals surface area contributed by atoms with Gasteiger partial charge in [-0.3, -0.25) is 14.9 Å². The maximum Gasteiger partial charge on any atom is 0.269 e. The Labute approximate surface area is 186 Å². The first-order chi connectivity index (χ1) is 15.5. The highest BCUT2D eigenvalue weighted by Crippen LogP contribution is 2.27. The van der Waals surface area contributed by atoms with Crippen molar-refractivity contribution in [2.24, 2.45) is 0 Å². The molecule has 0 fully saturated rings. The summed E-state index contributed by atoms with van der Waals surface area (Å²) in [4.78, 5) is 23.4. The van der Waals surface area contributed by atoms with E-state index in [0.29, 0.717) is 35.6 Å². The maximum atomic E-state index is 13.0. The van der Waals surface area contributed by atoms with Gasteiger partial charge in [0.25, 0.3) is 11.6 Å². The van der Waals surface area contributed by atoms with E-state index in [1.165, 1.54) is 12.1 Å². The maximum absolute atomic E-state index is 13.0. The molecule has 0 saturated carbocycles. The van der Waals surface area contributed by atoms with Crippen LogP contribution in [0.15, 0.2) is 72.8 Å². The summed E-state index contributed by atoms with van der Waals surface area (Å²) in [5.41, 5.74) is 2.94. The van der Waals surface area contributed by atoms with Crippen LogP contribution in [-0.2, 0) is 11.2 Å². The van der Waals surface area contributed by atoms with Gasteiger partial charge in [-0.2, -0.15) is 0 Å². The fourth-order valence-corrected chi connectivity index (χ4v) is 3.21. The van der Waals surface area contributed by atoms with E-state index in [-0.39, 0.29) is 11.6 Å². The SMILES string of the molecule is COc1ccc(CCNC(=O)/C(=C/c2ccc([N+](=O)[O-])cc2)c2ccccc2)cc1OC. The molecule has 0 aliphatic rings. The number of amides is 1. The van der Waals surface area contributed by atoms with Gasteiger partial charge in [0.15, 0.2) is 11.5 Å². The van der Waals surface area contributed by atoms with E-state index in [4.69, 9.17) is 9.47 Å². The monoisotopic (exact) mass is 432 g/mol. The molecule has 0 heterocycles. The van der Waals surface area contributed by atoms with E-state index < -0.39 is 4.92 Å². The molecule has 7 heteroatoms. The fraction of sp³-hybridized carbons (Fsp3) is 0.160. The Morgan fingerprint density at radius 1 is 0.969 bits per heavy atom. The van der Waals surface area contributed by atoms with Crippen LogP contribution in [0.2, 0.25) is 0 Å². The van der Waals surface area contributed by atoms with Crippen LogP contribution in [0.4, 0.5) is 5.69 Å². The lowest BCUT2D eigenvalue weighted by molar-refractivity contribution is -0.384. The van der Waals surface area contributed by atoms with E-state index >= 15 is 0 Å². The zero-order valence-corrected chi connectivity index (χ0v) is 17.9. The zero-order valence-electron chi connectivity index (χ0n) is 17.9. The van der Waals surface area contributed by atoms with Crippen molar-refractivity contribution in [2.45, 2.75) is 6.42 Å². The number of benzene rings is 3. The number of ether oxygens (including phenoxy) is 2. The first kappa shape index (κ1) is 22.6. The Hall–Kier alpha value is -4.13. The third-order valence-electron chi connectivity index (χ3n) is 4.89. The van der Waals surface area contributed by atoms with E-state index in [2.05, 4.69) is 5.32 Å². The van der Waals surface area contributed by atoms with Crippen LogP contribution in [0, 0.1) is 10.1 Å². The van der Waals surface area contributed by atoms with Crippen LogP contribution in [0.3, 0.4) is 0 Å².